The number of ketones is 1. The first-order valence-corrected chi connectivity index (χ1v) is 6.51. The van der Waals surface area contributed by atoms with E-state index in [1.807, 2.05) is 30.3 Å². The van der Waals surface area contributed by atoms with E-state index in [1.54, 1.807) is 0 Å². The van der Waals surface area contributed by atoms with Crippen LogP contribution in [-0.2, 0) is 10.4 Å². The van der Waals surface area contributed by atoms with Crippen molar-refractivity contribution in [3.8, 4) is 0 Å². The maximum absolute atomic E-state index is 11.9. The molecule has 4 rings (SSSR count). The normalized spacial score (nSPS) is 36.9. The molecule has 2 heteroatoms. The molecule has 2 nitrogen and oxygen atoms in total. The average molecular weight is 230 g/mol. The molecule has 0 spiro atoms. The molecule has 0 unspecified atom stereocenters. The van der Waals surface area contributed by atoms with E-state index in [4.69, 9.17) is 0 Å². The lowest BCUT2D eigenvalue weighted by Gasteiger charge is -2.40. The third-order valence-electron chi connectivity index (χ3n) is 4.51. The van der Waals surface area contributed by atoms with Crippen molar-refractivity contribution in [2.45, 2.75) is 37.7 Å². The van der Waals surface area contributed by atoms with Crippen LogP contribution in [0.5, 0.6) is 0 Å². The summed E-state index contributed by atoms with van der Waals surface area (Å²) in [5, 5.41) is 11.0. The second-order valence-electron chi connectivity index (χ2n) is 5.49. The molecule has 3 fully saturated rings. The first-order chi connectivity index (χ1) is 8.20. The minimum absolute atomic E-state index is 0.0824. The molecule has 1 aromatic rings. The highest BCUT2D eigenvalue weighted by molar-refractivity contribution is 5.82. The molecule has 90 valence electrons. The van der Waals surface area contributed by atoms with E-state index in [0.29, 0.717) is 18.6 Å². The number of rotatable bonds is 1. The zero-order chi connectivity index (χ0) is 11.9. The molecular formula is C15H18O2. The van der Waals surface area contributed by atoms with Gasteiger partial charge in [0.2, 0.25) is 0 Å². The van der Waals surface area contributed by atoms with Gasteiger partial charge in [0.1, 0.15) is 5.78 Å². The van der Waals surface area contributed by atoms with Crippen molar-refractivity contribution in [2.24, 2.45) is 11.8 Å². The number of hydrogen-bond acceptors (Lipinski definition) is 2. The van der Waals surface area contributed by atoms with Gasteiger partial charge in [-0.25, -0.2) is 0 Å². The molecule has 0 aromatic heterocycles. The van der Waals surface area contributed by atoms with Gasteiger partial charge in [0.15, 0.2) is 0 Å². The van der Waals surface area contributed by atoms with Crippen molar-refractivity contribution in [3.05, 3.63) is 35.9 Å². The van der Waals surface area contributed by atoms with Crippen molar-refractivity contribution in [3.63, 3.8) is 0 Å². The fraction of sp³-hybridized carbons (Fsp3) is 0.533. The van der Waals surface area contributed by atoms with Gasteiger partial charge in [-0.3, -0.25) is 4.79 Å². The highest BCUT2D eigenvalue weighted by Crippen LogP contribution is 2.48. The number of aliphatic hydroxyl groups is 1. The predicted molar refractivity (Wildman–Crippen MR) is 65.4 cm³/mol. The number of Topliss-reactive ketones (excluding diaryl/α,β-unsaturated/α-hetero) is 1. The summed E-state index contributed by atoms with van der Waals surface area (Å²) in [6.45, 7) is 0. The summed E-state index contributed by atoms with van der Waals surface area (Å²) in [7, 11) is 0. The Morgan fingerprint density at radius 1 is 1.18 bits per heavy atom. The molecule has 0 heterocycles. The molecule has 1 aromatic carbocycles. The van der Waals surface area contributed by atoms with Crippen molar-refractivity contribution in [1.29, 1.82) is 0 Å². The Labute approximate surface area is 102 Å². The second-order valence-corrected chi connectivity index (χ2v) is 5.49. The largest absolute Gasteiger partial charge is 0.385 e. The third-order valence-corrected chi connectivity index (χ3v) is 4.51. The average Bonchev–Trinajstić information content (AvgIpc) is 2.62. The van der Waals surface area contributed by atoms with E-state index in [0.717, 1.165) is 24.8 Å². The van der Waals surface area contributed by atoms with E-state index >= 15 is 0 Å². The number of carbonyl (C=O) groups is 1. The van der Waals surface area contributed by atoms with Crippen LogP contribution in [0, 0.1) is 11.8 Å². The van der Waals surface area contributed by atoms with Crippen LogP contribution in [0.25, 0.3) is 0 Å². The Bertz CT molecular complexity index is 426. The molecule has 0 saturated heterocycles. The summed E-state index contributed by atoms with van der Waals surface area (Å²) >= 11 is 0. The van der Waals surface area contributed by atoms with E-state index in [-0.39, 0.29) is 11.8 Å². The lowest BCUT2D eigenvalue weighted by Crippen LogP contribution is -2.42. The summed E-state index contributed by atoms with van der Waals surface area (Å²) in [5.74, 6) is 0.572. The highest BCUT2D eigenvalue weighted by Gasteiger charge is 2.48. The van der Waals surface area contributed by atoms with Gasteiger partial charge in [0.05, 0.1) is 5.60 Å². The molecule has 3 aliphatic carbocycles. The van der Waals surface area contributed by atoms with Gasteiger partial charge < -0.3 is 5.11 Å². The van der Waals surface area contributed by atoms with Gasteiger partial charge >= 0.3 is 0 Å². The van der Waals surface area contributed by atoms with Gasteiger partial charge in [-0.1, -0.05) is 36.8 Å². The number of benzene rings is 1. The van der Waals surface area contributed by atoms with Crippen molar-refractivity contribution in [1.82, 2.24) is 0 Å². The minimum Gasteiger partial charge on any atom is -0.385 e. The number of fused-ring (bicyclic) bond motifs is 4. The smallest absolute Gasteiger partial charge is 0.136 e. The first kappa shape index (κ1) is 11.0. The molecule has 3 atom stereocenters. The Morgan fingerprint density at radius 2 is 1.94 bits per heavy atom. The highest BCUT2D eigenvalue weighted by atomic mass is 16.3. The minimum atomic E-state index is -0.768. The summed E-state index contributed by atoms with van der Waals surface area (Å²) in [5.41, 5.74) is 0.223. The Morgan fingerprint density at radius 3 is 2.71 bits per heavy atom. The standard InChI is InChI=1S/C15H18O2/c16-14-9-13-8-4-5-11(14)10-15(13,17)12-6-2-1-3-7-12/h1-3,6-7,11,13,17H,4-5,8-10H2/t11-,13-,15-/m1/s1. The van der Waals surface area contributed by atoms with Crippen LogP contribution in [0.15, 0.2) is 30.3 Å². The van der Waals surface area contributed by atoms with E-state index in [9.17, 15) is 9.90 Å². The van der Waals surface area contributed by atoms with E-state index in [2.05, 4.69) is 0 Å². The molecule has 3 aliphatic rings. The van der Waals surface area contributed by atoms with Gasteiger partial charge in [0, 0.05) is 12.3 Å². The lowest BCUT2D eigenvalue weighted by atomic mass is 9.68. The van der Waals surface area contributed by atoms with Gasteiger partial charge in [-0.05, 0) is 30.7 Å². The molecule has 0 radical (unpaired) electrons. The van der Waals surface area contributed by atoms with Crippen LogP contribution in [-0.4, -0.2) is 10.9 Å². The molecule has 0 aliphatic heterocycles. The van der Waals surface area contributed by atoms with Crippen LogP contribution < -0.4 is 0 Å². The molecule has 3 saturated carbocycles. The van der Waals surface area contributed by atoms with Crippen LogP contribution in [0.2, 0.25) is 0 Å². The monoisotopic (exact) mass is 230 g/mol. The number of hydrogen-bond donors (Lipinski definition) is 1. The maximum Gasteiger partial charge on any atom is 0.136 e. The Hall–Kier alpha value is -1.15. The van der Waals surface area contributed by atoms with Crippen molar-refractivity contribution >= 4 is 5.78 Å². The SMILES string of the molecule is O=C1C[C@H]2CCC[C@@H]1C[C@@]2(O)c1ccccc1. The van der Waals surface area contributed by atoms with Gasteiger partial charge in [-0.2, -0.15) is 0 Å². The molecule has 1 N–H and O–H groups in total. The lowest BCUT2D eigenvalue weighted by molar-refractivity contribution is -0.137. The summed E-state index contributed by atoms with van der Waals surface area (Å²) in [4.78, 5) is 11.9. The third kappa shape index (κ3) is 1.71. The van der Waals surface area contributed by atoms with Crippen molar-refractivity contribution in [2.75, 3.05) is 0 Å². The topological polar surface area (TPSA) is 37.3 Å². The Kier molecular flexibility index (Phi) is 2.55. The van der Waals surface area contributed by atoms with Gasteiger partial charge in [0.25, 0.3) is 0 Å². The van der Waals surface area contributed by atoms with E-state index in [1.165, 1.54) is 0 Å². The fourth-order valence-corrected chi connectivity index (χ4v) is 3.53. The summed E-state index contributed by atoms with van der Waals surface area (Å²) < 4.78 is 0. The quantitative estimate of drug-likeness (QED) is 0.805. The second kappa shape index (κ2) is 3.95. The maximum atomic E-state index is 11.9. The van der Waals surface area contributed by atoms with E-state index < -0.39 is 5.60 Å². The fourth-order valence-electron chi connectivity index (χ4n) is 3.53. The molecule has 2 bridgehead atoms. The van der Waals surface area contributed by atoms with Crippen LogP contribution in [0.3, 0.4) is 0 Å². The summed E-state index contributed by atoms with van der Waals surface area (Å²) in [6, 6.07) is 9.88. The molecular weight excluding hydrogens is 212 g/mol. The van der Waals surface area contributed by atoms with Crippen LogP contribution in [0.1, 0.15) is 37.7 Å². The van der Waals surface area contributed by atoms with Gasteiger partial charge in [-0.15, -0.1) is 0 Å². The first-order valence-electron chi connectivity index (χ1n) is 6.51. The molecule has 0 amide bonds. The number of carbonyl (C=O) groups excluding carboxylic acids is 1. The van der Waals surface area contributed by atoms with Crippen molar-refractivity contribution < 1.29 is 9.90 Å². The Balaban J connectivity index is 2.01. The van der Waals surface area contributed by atoms with Crippen LogP contribution in [0.4, 0.5) is 0 Å². The predicted octanol–water partition coefficient (Wildman–Crippen LogP) is 2.65. The zero-order valence-corrected chi connectivity index (χ0v) is 9.93. The molecule has 17 heavy (non-hydrogen) atoms. The van der Waals surface area contributed by atoms with Crippen LogP contribution >= 0.6 is 0 Å². The summed E-state index contributed by atoms with van der Waals surface area (Å²) in [6.07, 6.45) is 4.21. The zero-order valence-electron chi connectivity index (χ0n) is 9.93.